The van der Waals surface area contributed by atoms with Crippen LogP contribution in [0.5, 0.6) is 11.5 Å². The van der Waals surface area contributed by atoms with Crippen molar-refractivity contribution < 1.29 is 18.8 Å². The van der Waals surface area contributed by atoms with Crippen molar-refractivity contribution in [2.24, 2.45) is 0 Å². The van der Waals surface area contributed by atoms with Crippen molar-refractivity contribution in [3.63, 3.8) is 0 Å². The van der Waals surface area contributed by atoms with Crippen LogP contribution in [0.2, 0.25) is 0 Å². The largest absolute Gasteiger partial charge is 0.495 e. The number of hydrogen-bond acceptors (Lipinski definition) is 8. The number of methoxy groups -OCH3 is 2. The van der Waals surface area contributed by atoms with Crippen LogP contribution in [0, 0.1) is 0 Å². The van der Waals surface area contributed by atoms with Crippen LogP contribution in [0.4, 0.5) is 5.13 Å². The van der Waals surface area contributed by atoms with Gasteiger partial charge >= 0.3 is 0 Å². The molecule has 0 aliphatic heterocycles. The fraction of sp³-hybridized carbons (Fsp3) is 0.320. The van der Waals surface area contributed by atoms with E-state index in [0.717, 1.165) is 23.4 Å². The topological polar surface area (TPSA) is 80.9 Å². The summed E-state index contributed by atoms with van der Waals surface area (Å²) in [6.45, 7) is 7.15. The molecule has 0 radical (unpaired) electrons. The van der Waals surface area contributed by atoms with Gasteiger partial charge in [0.1, 0.15) is 21.7 Å². The van der Waals surface area contributed by atoms with Crippen LogP contribution in [-0.4, -0.2) is 61.3 Å². The van der Waals surface area contributed by atoms with Crippen molar-refractivity contribution in [1.82, 2.24) is 15.0 Å². The quantitative estimate of drug-likeness (QED) is 0.280. The number of halogens is 1. The molecule has 35 heavy (non-hydrogen) atoms. The number of thiazole rings is 1. The van der Waals surface area contributed by atoms with Gasteiger partial charge in [-0.1, -0.05) is 60.7 Å². The number of aromatic nitrogens is 2. The van der Waals surface area contributed by atoms with Gasteiger partial charge in [0.05, 0.1) is 14.2 Å². The van der Waals surface area contributed by atoms with Gasteiger partial charge in [-0.3, -0.25) is 9.69 Å². The first-order valence-electron chi connectivity index (χ1n) is 11.2. The van der Waals surface area contributed by atoms with Crippen LogP contribution >= 0.6 is 23.7 Å². The Morgan fingerprint density at radius 1 is 1.00 bits per heavy atom. The molecule has 2 heterocycles. The summed E-state index contributed by atoms with van der Waals surface area (Å²) < 4.78 is 17.3. The molecular formula is C25H29ClN4O4S. The van der Waals surface area contributed by atoms with Gasteiger partial charge in [0.15, 0.2) is 16.6 Å². The van der Waals surface area contributed by atoms with E-state index in [9.17, 15) is 4.79 Å². The zero-order valence-electron chi connectivity index (χ0n) is 20.2. The van der Waals surface area contributed by atoms with Gasteiger partial charge in [0.2, 0.25) is 0 Å². The molecule has 0 N–H and O–H groups in total. The Morgan fingerprint density at radius 3 is 2.34 bits per heavy atom. The summed E-state index contributed by atoms with van der Waals surface area (Å²) in [5.74, 6) is 1.58. The highest BCUT2D eigenvalue weighted by Crippen LogP contribution is 2.40. The van der Waals surface area contributed by atoms with Crippen molar-refractivity contribution in [2.45, 2.75) is 13.8 Å². The lowest BCUT2D eigenvalue weighted by Crippen LogP contribution is -2.39. The number of amides is 1. The summed E-state index contributed by atoms with van der Waals surface area (Å²) in [4.78, 5) is 22.3. The standard InChI is InChI=1S/C25H28N4O4S.ClH/c1-5-28(6-2)14-15-29(24(30)18-16-21(33-27-18)17-10-8-7-9-11-17)25-26-22-19(31-3)12-13-20(32-4)23(22)34-25;/h7-13,16H,5-6,14-15H2,1-4H3;1H. The first-order chi connectivity index (χ1) is 16.6. The van der Waals surface area contributed by atoms with Crippen LogP contribution in [0.1, 0.15) is 24.3 Å². The SMILES string of the molecule is CCN(CC)CCN(C(=O)c1cc(-c2ccccc2)on1)c1nc2c(OC)ccc(OC)c2s1.Cl. The summed E-state index contributed by atoms with van der Waals surface area (Å²) in [6.07, 6.45) is 0. The molecule has 4 aromatic rings. The van der Waals surface area contributed by atoms with E-state index in [-0.39, 0.29) is 24.0 Å². The lowest BCUT2D eigenvalue weighted by Gasteiger charge is -2.24. The van der Waals surface area contributed by atoms with Crippen LogP contribution in [-0.2, 0) is 0 Å². The molecule has 1 amide bonds. The Hall–Kier alpha value is -3.14. The van der Waals surface area contributed by atoms with Crippen molar-refractivity contribution >= 4 is 45.0 Å². The number of hydrogen-bond donors (Lipinski definition) is 0. The molecule has 2 aromatic carbocycles. The maximum atomic E-state index is 13.7. The van der Waals surface area contributed by atoms with E-state index in [1.807, 2.05) is 42.5 Å². The molecule has 0 spiro atoms. The van der Waals surface area contributed by atoms with Crippen LogP contribution < -0.4 is 14.4 Å². The molecule has 0 unspecified atom stereocenters. The fourth-order valence-corrected chi connectivity index (χ4v) is 4.81. The van der Waals surface area contributed by atoms with E-state index in [1.165, 1.54) is 11.3 Å². The van der Waals surface area contributed by atoms with Gasteiger partial charge in [-0.25, -0.2) is 4.98 Å². The third kappa shape index (κ3) is 5.58. The fourth-order valence-electron chi connectivity index (χ4n) is 3.71. The molecule has 186 valence electrons. The lowest BCUT2D eigenvalue weighted by atomic mass is 10.1. The summed E-state index contributed by atoms with van der Waals surface area (Å²) in [6, 6.07) is 14.9. The Bertz CT molecular complexity index is 1220. The molecular weight excluding hydrogens is 488 g/mol. The predicted molar refractivity (Wildman–Crippen MR) is 141 cm³/mol. The number of ether oxygens (including phenoxy) is 2. The maximum absolute atomic E-state index is 13.7. The molecule has 8 nitrogen and oxygen atoms in total. The normalized spacial score (nSPS) is 10.9. The van der Waals surface area contributed by atoms with Crippen LogP contribution in [0.3, 0.4) is 0 Å². The number of nitrogens with zero attached hydrogens (tertiary/aromatic N) is 4. The smallest absolute Gasteiger partial charge is 0.282 e. The highest BCUT2D eigenvalue weighted by atomic mass is 35.5. The number of likely N-dealkylation sites (N-methyl/N-ethyl adjacent to an activating group) is 1. The molecule has 0 fully saturated rings. The van der Waals surface area contributed by atoms with Crippen molar-refractivity contribution in [3.8, 4) is 22.8 Å². The molecule has 0 saturated heterocycles. The molecule has 4 rings (SSSR count). The Morgan fingerprint density at radius 2 is 1.69 bits per heavy atom. The van der Waals surface area contributed by atoms with Gasteiger partial charge in [-0.05, 0) is 25.2 Å². The van der Waals surface area contributed by atoms with E-state index in [4.69, 9.17) is 19.0 Å². The zero-order chi connectivity index (χ0) is 24.1. The Balaban J connectivity index is 0.00000342. The monoisotopic (exact) mass is 516 g/mol. The van der Waals surface area contributed by atoms with E-state index < -0.39 is 0 Å². The third-order valence-corrected chi connectivity index (χ3v) is 6.79. The van der Waals surface area contributed by atoms with Gasteiger partial charge in [0.25, 0.3) is 5.91 Å². The average Bonchev–Trinajstić information content (AvgIpc) is 3.54. The van der Waals surface area contributed by atoms with E-state index in [0.29, 0.717) is 41.0 Å². The zero-order valence-corrected chi connectivity index (χ0v) is 21.8. The number of benzene rings is 2. The Labute approximate surface area is 214 Å². The molecule has 0 bridgehead atoms. The Kier molecular flexibility index (Phi) is 9.08. The average molecular weight is 517 g/mol. The lowest BCUT2D eigenvalue weighted by molar-refractivity contribution is 0.0975. The molecule has 0 saturated carbocycles. The highest BCUT2D eigenvalue weighted by Gasteiger charge is 2.26. The van der Waals surface area contributed by atoms with Gasteiger partial charge < -0.3 is 18.9 Å². The minimum atomic E-state index is -0.268. The third-order valence-electron chi connectivity index (χ3n) is 5.70. The van der Waals surface area contributed by atoms with Gasteiger partial charge in [-0.2, -0.15) is 0 Å². The minimum Gasteiger partial charge on any atom is -0.495 e. The molecule has 10 heteroatoms. The molecule has 0 aliphatic carbocycles. The van der Waals surface area contributed by atoms with E-state index >= 15 is 0 Å². The summed E-state index contributed by atoms with van der Waals surface area (Å²) in [7, 11) is 3.22. The van der Waals surface area contributed by atoms with E-state index in [2.05, 4.69) is 23.9 Å². The summed E-state index contributed by atoms with van der Waals surface area (Å²) >= 11 is 1.39. The summed E-state index contributed by atoms with van der Waals surface area (Å²) in [5, 5.41) is 4.63. The minimum absolute atomic E-state index is 0. The number of fused-ring (bicyclic) bond motifs is 1. The first-order valence-corrected chi connectivity index (χ1v) is 12.0. The van der Waals surface area contributed by atoms with Crippen LogP contribution in [0.15, 0.2) is 53.1 Å². The van der Waals surface area contributed by atoms with Crippen molar-refractivity contribution in [1.29, 1.82) is 0 Å². The second-order valence-corrected chi connectivity index (χ2v) is 8.55. The maximum Gasteiger partial charge on any atom is 0.282 e. The summed E-state index contributed by atoms with van der Waals surface area (Å²) in [5.41, 5.74) is 1.75. The van der Waals surface area contributed by atoms with Gasteiger partial charge in [-0.15, -0.1) is 12.4 Å². The number of carbonyl (C=O) groups is 1. The number of anilines is 1. The van der Waals surface area contributed by atoms with Crippen LogP contribution in [0.25, 0.3) is 21.5 Å². The molecule has 2 aromatic heterocycles. The highest BCUT2D eigenvalue weighted by molar-refractivity contribution is 7.22. The second kappa shape index (κ2) is 12.0. The number of carbonyl (C=O) groups excluding carboxylic acids is 1. The predicted octanol–water partition coefficient (Wildman–Crippen LogP) is 5.38. The van der Waals surface area contributed by atoms with E-state index in [1.54, 1.807) is 25.2 Å². The van der Waals surface area contributed by atoms with Crippen molar-refractivity contribution in [2.75, 3.05) is 45.3 Å². The molecule has 0 aliphatic rings. The molecule has 0 atom stereocenters. The van der Waals surface area contributed by atoms with Crippen molar-refractivity contribution in [3.05, 3.63) is 54.2 Å². The van der Waals surface area contributed by atoms with Gasteiger partial charge in [0, 0.05) is 24.7 Å². The second-order valence-electron chi connectivity index (χ2n) is 7.57. The number of rotatable bonds is 10. The first kappa shape index (κ1) is 26.5.